The second-order valence-electron chi connectivity index (χ2n) is 5.73. The van der Waals surface area contributed by atoms with Gasteiger partial charge in [-0.1, -0.05) is 23.7 Å². The Hall–Kier alpha value is -2.53. The van der Waals surface area contributed by atoms with Crippen molar-refractivity contribution in [3.8, 4) is 5.75 Å². The molecule has 1 aromatic carbocycles. The van der Waals surface area contributed by atoms with Crippen LogP contribution in [0.25, 0.3) is 5.65 Å². The lowest BCUT2D eigenvalue weighted by atomic mass is 10.2. The third-order valence-electron chi connectivity index (χ3n) is 3.33. The molecule has 0 bridgehead atoms. The van der Waals surface area contributed by atoms with Crippen molar-refractivity contribution in [1.82, 2.24) is 9.38 Å². The number of para-hydroxylation sites is 2. The maximum atomic E-state index is 12.3. The minimum absolute atomic E-state index is 0.0336. The number of aromatic nitrogens is 2. The van der Waals surface area contributed by atoms with Crippen molar-refractivity contribution in [2.45, 2.75) is 26.4 Å². The predicted octanol–water partition coefficient (Wildman–Crippen LogP) is 3.96. The molecule has 24 heavy (non-hydrogen) atoms. The quantitative estimate of drug-likeness (QED) is 0.763. The molecule has 0 atom stereocenters. The van der Waals surface area contributed by atoms with E-state index in [1.165, 1.54) is 0 Å². The van der Waals surface area contributed by atoms with Gasteiger partial charge in [0.15, 0.2) is 0 Å². The molecule has 5 nitrogen and oxygen atoms in total. The van der Waals surface area contributed by atoms with Gasteiger partial charge in [0.25, 0.3) is 0 Å². The van der Waals surface area contributed by atoms with Gasteiger partial charge in [-0.25, -0.2) is 4.98 Å². The van der Waals surface area contributed by atoms with Gasteiger partial charge in [-0.05, 0) is 38.1 Å². The first-order chi connectivity index (χ1) is 11.5. The number of carbonyl (C=O) groups excluding carboxylic acids is 1. The molecule has 0 aliphatic carbocycles. The lowest BCUT2D eigenvalue weighted by molar-refractivity contribution is -0.115. The summed E-state index contributed by atoms with van der Waals surface area (Å²) in [6.07, 6.45) is 3.77. The molecule has 3 rings (SSSR count). The van der Waals surface area contributed by atoms with Gasteiger partial charge in [0.05, 0.1) is 28.9 Å². The van der Waals surface area contributed by atoms with Crippen LogP contribution in [0.15, 0.2) is 48.8 Å². The Balaban J connectivity index is 1.73. The van der Waals surface area contributed by atoms with E-state index in [1.807, 2.05) is 44.2 Å². The molecule has 0 saturated heterocycles. The Kier molecular flexibility index (Phi) is 4.71. The smallest absolute Gasteiger partial charge is 0.230 e. The summed E-state index contributed by atoms with van der Waals surface area (Å²) in [7, 11) is 0. The topological polar surface area (TPSA) is 55.6 Å². The standard InChI is InChI=1S/C18H18ClN3O2/c1-12(2)24-16-6-4-3-5-15(16)21-18(23)9-14-11-22-10-13(19)7-8-17(22)20-14/h3-8,10-12H,9H2,1-2H3,(H,21,23). The van der Waals surface area contributed by atoms with Crippen LogP contribution in [0.4, 0.5) is 5.69 Å². The van der Waals surface area contributed by atoms with Crippen molar-refractivity contribution in [2.75, 3.05) is 5.32 Å². The van der Waals surface area contributed by atoms with Crippen LogP contribution in [0.1, 0.15) is 19.5 Å². The number of carbonyl (C=O) groups is 1. The average Bonchev–Trinajstić information content (AvgIpc) is 2.89. The highest BCUT2D eigenvalue weighted by atomic mass is 35.5. The number of anilines is 1. The Morgan fingerprint density at radius 1 is 1.25 bits per heavy atom. The molecule has 2 aromatic heterocycles. The fourth-order valence-electron chi connectivity index (χ4n) is 2.39. The fraction of sp³-hybridized carbons (Fsp3) is 0.222. The molecule has 0 fully saturated rings. The van der Waals surface area contributed by atoms with E-state index in [9.17, 15) is 4.79 Å². The summed E-state index contributed by atoms with van der Waals surface area (Å²) in [6.45, 7) is 3.89. The first kappa shape index (κ1) is 16.3. The Labute approximate surface area is 145 Å². The molecule has 0 spiro atoms. The molecule has 0 aliphatic rings. The van der Waals surface area contributed by atoms with E-state index < -0.39 is 0 Å². The van der Waals surface area contributed by atoms with Crippen molar-refractivity contribution in [2.24, 2.45) is 0 Å². The summed E-state index contributed by atoms with van der Waals surface area (Å²) in [4.78, 5) is 16.7. The number of ether oxygens (including phenoxy) is 1. The van der Waals surface area contributed by atoms with Gasteiger partial charge in [-0.2, -0.15) is 0 Å². The van der Waals surface area contributed by atoms with Crippen molar-refractivity contribution in [3.05, 3.63) is 59.5 Å². The van der Waals surface area contributed by atoms with Gasteiger partial charge in [-0.3, -0.25) is 4.79 Å². The highest BCUT2D eigenvalue weighted by molar-refractivity contribution is 6.30. The normalized spacial score (nSPS) is 11.0. The highest BCUT2D eigenvalue weighted by Gasteiger charge is 2.11. The van der Waals surface area contributed by atoms with Gasteiger partial charge >= 0.3 is 0 Å². The molecule has 1 amide bonds. The van der Waals surface area contributed by atoms with Crippen LogP contribution in [0, 0.1) is 0 Å². The number of rotatable bonds is 5. The van der Waals surface area contributed by atoms with Crippen molar-refractivity contribution in [3.63, 3.8) is 0 Å². The van der Waals surface area contributed by atoms with Crippen LogP contribution in [0.2, 0.25) is 5.02 Å². The first-order valence-corrected chi connectivity index (χ1v) is 8.08. The van der Waals surface area contributed by atoms with E-state index in [2.05, 4.69) is 10.3 Å². The average molecular weight is 344 g/mol. The number of nitrogens with zero attached hydrogens (tertiary/aromatic N) is 2. The second-order valence-corrected chi connectivity index (χ2v) is 6.17. The number of fused-ring (bicyclic) bond motifs is 1. The number of amides is 1. The van der Waals surface area contributed by atoms with Gasteiger partial charge in [0.2, 0.25) is 5.91 Å². The zero-order chi connectivity index (χ0) is 17.1. The second kappa shape index (κ2) is 6.93. The third-order valence-corrected chi connectivity index (χ3v) is 3.55. The van der Waals surface area contributed by atoms with Crippen LogP contribution in [-0.4, -0.2) is 21.4 Å². The number of halogens is 1. The number of pyridine rings is 1. The maximum absolute atomic E-state index is 12.3. The van der Waals surface area contributed by atoms with Crippen molar-refractivity contribution < 1.29 is 9.53 Å². The van der Waals surface area contributed by atoms with Gasteiger partial charge in [0.1, 0.15) is 11.4 Å². The fourth-order valence-corrected chi connectivity index (χ4v) is 2.56. The molecule has 0 unspecified atom stereocenters. The SMILES string of the molecule is CC(C)Oc1ccccc1NC(=O)Cc1cn2cc(Cl)ccc2n1. The van der Waals surface area contributed by atoms with E-state index in [0.29, 0.717) is 22.2 Å². The molecule has 0 saturated carbocycles. The number of nitrogens with one attached hydrogen (secondary N) is 1. The lowest BCUT2D eigenvalue weighted by Gasteiger charge is -2.14. The van der Waals surface area contributed by atoms with Gasteiger partial charge < -0.3 is 14.5 Å². The maximum Gasteiger partial charge on any atom is 0.230 e. The summed E-state index contributed by atoms with van der Waals surface area (Å²) in [5.74, 6) is 0.506. The molecule has 6 heteroatoms. The Morgan fingerprint density at radius 3 is 2.83 bits per heavy atom. The molecule has 0 radical (unpaired) electrons. The molecule has 1 N–H and O–H groups in total. The van der Waals surface area contributed by atoms with E-state index in [4.69, 9.17) is 16.3 Å². The summed E-state index contributed by atoms with van der Waals surface area (Å²) < 4.78 is 7.51. The van der Waals surface area contributed by atoms with Crippen molar-refractivity contribution in [1.29, 1.82) is 0 Å². The number of imidazole rings is 1. The number of hydrogen-bond donors (Lipinski definition) is 1. The Morgan fingerprint density at radius 2 is 2.04 bits per heavy atom. The molecular formula is C18H18ClN3O2. The summed E-state index contributed by atoms with van der Waals surface area (Å²) in [5, 5.41) is 3.50. The van der Waals surface area contributed by atoms with Crippen LogP contribution in [-0.2, 0) is 11.2 Å². The zero-order valence-electron chi connectivity index (χ0n) is 13.5. The van der Waals surface area contributed by atoms with Gasteiger partial charge in [0, 0.05) is 12.4 Å². The molecule has 124 valence electrons. The van der Waals surface area contributed by atoms with Crippen molar-refractivity contribution >= 4 is 28.8 Å². The summed E-state index contributed by atoms with van der Waals surface area (Å²) >= 11 is 5.96. The number of benzene rings is 1. The Bertz CT molecular complexity index is 874. The third kappa shape index (κ3) is 3.86. The highest BCUT2D eigenvalue weighted by Crippen LogP contribution is 2.25. The van der Waals surface area contributed by atoms with Crippen LogP contribution in [0.3, 0.4) is 0 Å². The van der Waals surface area contributed by atoms with E-state index >= 15 is 0 Å². The minimum atomic E-state index is -0.149. The molecule has 3 aromatic rings. The summed E-state index contributed by atoms with van der Waals surface area (Å²) in [5.41, 5.74) is 2.09. The van der Waals surface area contributed by atoms with Crippen LogP contribution in [0.5, 0.6) is 5.75 Å². The lowest BCUT2D eigenvalue weighted by Crippen LogP contribution is -2.16. The largest absolute Gasteiger partial charge is 0.489 e. The molecular weight excluding hydrogens is 326 g/mol. The van der Waals surface area contributed by atoms with Crippen LogP contribution < -0.4 is 10.1 Å². The molecule has 2 heterocycles. The van der Waals surface area contributed by atoms with Gasteiger partial charge in [-0.15, -0.1) is 0 Å². The zero-order valence-corrected chi connectivity index (χ0v) is 14.2. The van der Waals surface area contributed by atoms with E-state index in [1.54, 1.807) is 22.9 Å². The minimum Gasteiger partial charge on any atom is -0.489 e. The summed E-state index contributed by atoms with van der Waals surface area (Å²) in [6, 6.07) is 11.0. The van der Waals surface area contributed by atoms with E-state index in [-0.39, 0.29) is 18.4 Å². The van der Waals surface area contributed by atoms with Crippen LogP contribution >= 0.6 is 11.6 Å². The number of hydrogen-bond acceptors (Lipinski definition) is 3. The monoisotopic (exact) mass is 343 g/mol. The van der Waals surface area contributed by atoms with E-state index in [0.717, 1.165) is 5.65 Å². The molecule has 0 aliphatic heterocycles. The first-order valence-electron chi connectivity index (χ1n) is 7.70. The predicted molar refractivity (Wildman–Crippen MR) is 94.7 cm³/mol.